The van der Waals surface area contributed by atoms with Crippen molar-refractivity contribution in [1.29, 1.82) is 0 Å². The van der Waals surface area contributed by atoms with Crippen LogP contribution in [0.2, 0.25) is 0 Å². The van der Waals surface area contributed by atoms with Gasteiger partial charge in [0.2, 0.25) is 5.88 Å². The first-order valence-corrected chi connectivity index (χ1v) is 6.67. The van der Waals surface area contributed by atoms with Gasteiger partial charge in [0.25, 0.3) is 0 Å². The van der Waals surface area contributed by atoms with Gasteiger partial charge >= 0.3 is 0 Å². The van der Waals surface area contributed by atoms with Crippen LogP contribution in [0.4, 0.5) is 5.82 Å². The van der Waals surface area contributed by atoms with Crippen molar-refractivity contribution in [2.75, 3.05) is 45.9 Å². The van der Waals surface area contributed by atoms with Crippen molar-refractivity contribution in [3.8, 4) is 5.88 Å². The Kier molecular flexibility index (Phi) is 8.61. The van der Waals surface area contributed by atoms with Gasteiger partial charge in [-0.25, -0.2) is 4.98 Å². The molecule has 1 heterocycles. The monoisotopic (exact) mass is 285 g/mol. The predicted octanol–water partition coefficient (Wildman–Crippen LogP) is 1.03. The highest BCUT2D eigenvalue weighted by Crippen LogP contribution is 2.11. The van der Waals surface area contributed by atoms with Gasteiger partial charge in [0, 0.05) is 33.0 Å². The minimum absolute atomic E-state index is 0.325. The SMILES string of the molecule is CCOCc1nc(N)cc(OCCOCCCOC)n1. The Balaban J connectivity index is 2.26. The maximum atomic E-state index is 5.68. The first-order chi connectivity index (χ1) is 9.76. The molecular formula is C13H23N3O4. The van der Waals surface area contributed by atoms with Gasteiger partial charge < -0.3 is 24.7 Å². The van der Waals surface area contributed by atoms with Crippen molar-refractivity contribution in [3.63, 3.8) is 0 Å². The summed E-state index contributed by atoms with van der Waals surface area (Å²) in [5.74, 6) is 1.32. The van der Waals surface area contributed by atoms with Crippen LogP contribution < -0.4 is 10.5 Å². The highest BCUT2D eigenvalue weighted by molar-refractivity contribution is 5.32. The number of nitrogens with zero attached hydrogens (tertiary/aromatic N) is 2. The van der Waals surface area contributed by atoms with E-state index in [-0.39, 0.29) is 0 Å². The lowest BCUT2D eigenvalue weighted by Gasteiger charge is -2.08. The molecular weight excluding hydrogens is 262 g/mol. The Morgan fingerprint density at radius 3 is 2.70 bits per heavy atom. The first-order valence-electron chi connectivity index (χ1n) is 6.67. The minimum atomic E-state index is 0.325. The van der Waals surface area contributed by atoms with Gasteiger partial charge in [0.05, 0.1) is 6.61 Å². The van der Waals surface area contributed by atoms with Crippen LogP contribution in [0.15, 0.2) is 6.07 Å². The van der Waals surface area contributed by atoms with Crippen LogP contribution >= 0.6 is 0 Å². The molecule has 0 aromatic carbocycles. The molecule has 114 valence electrons. The number of anilines is 1. The van der Waals surface area contributed by atoms with E-state index in [1.807, 2.05) is 6.92 Å². The molecule has 0 fully saturated rings. The Morgan fingerprint density at radius 1 is 1.10 bits per heavy atom. The second-order valence-electron chi connectivity index (χ2n) is 3.99. The van der Waals surface area contributed by atoms with Crippen molar-refractivity contribution in [2.45, 2.75) is 20.0 Å². The lowest BCUT2D eigenvalue weighted by atomic mass is 10.5. The summed E-state index contributed by atoms with van der Waals surface area (Å²) in [5.41, 5.74) is 5.68. The topological polar surface area (TPSA) is 88.7 Å². The van der Waals surface area contributed by atoms with Crippen molar-refractivity contribution >= 4 is 5.82 Å². The molecule has 0 aliphatic rings. The van der Waals surface area contributed by atoms with Crippen molar-refractivity contribution in [2.24, 2.45) is 0 Å². The number of ether oxygens (including phenoxy) is 4. The Bertz CT molecular complexity index is 377. The fourth-order valence-electron chi connectivity index (χ4n) is 1.44. The third-order valence-electron chi connectivity index (χ3n) is 2.32. The van der Waals surface area contributed by atoms with E-state index in [4.69, 9.17) is 24.7 Å². The molecule has 0 aliphatic carbocycles. The van der Waals surface area contributed by atoms with Gasteiger partial charge in [-0.05, 0) is 13.3 Å². The summed E-state index contributed by atoms with van der Waals surface area (Å²) in [5, 5.41) is 0. The fraction of sp³-hybridized carbons (Fsp3) is 0.692. The molecule has 1 aromatic heterocycles. The molecule has 0 spiro atoms. The van der Waals surface area contributed by atoms with Crippen LogP contribution in [-0.4, -0.2) is 50.1 Å². The van der Waals surface area contributed by atoms with Gasteiger partial charge in [-0.1, -0.05) is 0 Å². The maximum absolute atomic E-state index is 5.68. The van der Waals surface area contributed by atoms with E-state index in [1.165, 1.54) is 0 Å². The first kappa shape index (κ1) is 16.6. The molecule has 0 bridgehead atoms. The van der Waals surface area contributed by atoms with Gasteiger partial charge in [-0.2, -0.15) is 4.98 Å². The summed E-state index contributed by atoms with van der Waals surface area (Å²) in [7, 11) is 1.67. The molecule has 1 rings (SSSR count). The molecule has 0 radical (unpaired) electrons. The number of hydrogen-bond acceptors (Lipinski definition) is 7. The quantitative estimate of drug-likeness (QED) is 0.607. The van der Waals surface area contributed by atoms with Crippen molar-refractivity contribution in [3.05, 3.63) is 11.9 Å². The summed E-state index contributed by atoms with van der Waals surface area (Å²) in [6.07, 6.45) is 0.870. The number of rotatable bonds is 11. The second kappa shape index (κ2) is 10.4. The van der Waals surface area contributed by atoms with Crippen LogP contribution in [0.25, 0.3) is 0 Å². The minimum Gasteiger partial charge on any atom is -0.475 e. The van der Waals surface area contributed by atoms with Gasteiger partial charge in [-0.3, -0.25) is 0 Å². The van der Waals surface area contributed by atoms with Crippen LogP contribution in [0, 0.1) is 0 Å². The lowest BCUT2D eigenvalue weighted by Crippen LogP contribution is -2.11. The maximum Gasteiger partial charge on any atom is 0.218 e. The summed E-state index contributed by atoms with van der Waals surface area (Å²) in [4.78, 5) is 8.27. The van der Waals surface area contributed by atoms with E-state index < -0.39 is 0 Å². The Labute approximate surface area is 119 Å². The van der Waals surface area contributed by atoms with E-state index in [1.54, 1.807) is 13.2 Å². The molecule has 0 atom stereocenters. The zero-order valence-corrected chi connectivity index (χ0v) is 12.1. The third-order valence-corrected chi connectivity index (χ3v) is 2.32. The van der Waals surface area contributed by atoms with Crippen LogP contribution in [-0.2, 0) is 20.8 Å². The molecule has 7 heteroatoms. The Hall–Kier alpha value is -1.44. The molecule has 0 saturated heterocycles. The highest BCUT2D eigenvalue weighted by atomic mass is 16.5. The number of nitrogens with two attached hydrogens (primary N) is 1. The molecule has 7 nitrogen and oxygen atoms in total. The van der Waals surface area contributed by atoms with E-state index in [0.717, 1.165) is 6.42 Å². The number of methoxy groups -OCH3 is 1. The summed E-state index contributed by atoms with van der Waals surface area (Å²) >= 11 is 0. The zero-order valence-electron chi connectivity index (χ0n) is 12.1. The van der Waals surface area contributed by atoms with Gasteiger partial charge in [0.1, 0.15) is 19.0 Å². The average Bonchev–Trinajstić information content (AvgIpc) is 2.43. The fourth-order valence-corrected chi connectivity index (χ4v) is 1.44. The number of nitrogen functional groups attached to an aromatic ring is 1. The van der Waals surface area contributed by atoms with Crippen molar-refractivity contribution < 1.29 is 18.9 Å². The molecule has 0 unspecified atom stereocenters. The third kappa shape index (κ3) is 7.22. The number of aromatic nitrogens is 2. The lowest BCUT2D eigenvalue weighted by molar-refractivity contribution is 0.0791. The smallest absolute Gasteiger partial charge is 0.218 e. The molecule has 1 aromatic rings. The van der Waals surface area contributed by atoms with E-state index >= 15 is 0 Å². The summed E-state index contributed by atoms with van der Waals surface area (Å²) in [6, 6.07) is 1.58. The molecule has 0 saturated carbocycles. The molecule has 20 heavy (non-hydrogen) atoms. The molecule has 2 N–H and O–H groups in total. The van der Waals surface area contributed by atoms with E-state index in [0.29, 0.717) is 57.2 Å². The average molecular weight is 285 g/mol. The highest BCUT2D eigenvalue weighted by Gasteiger charge is 2.04. The van der Waals surface area contributed by atoms with Crippen molar-refractivity contribution in [1.82, 2.24) is 9.97 Å². The second-order valence-corrected chi connectivity index (χ2v) is 3.99. The molecule has 0 aliphatic heterocycles. The van der Waals surface area contributed by atoms with Gasteiger partial charge in [-0.15, -0.1) is 0 Å². The largest absolute Gasteiger partial charge is 0.475 e. The van der Waals surface area contributed by atoms with Crippen LogP contribution in [0.5, 0.6) is 5.88 Å². The molecule has 0 amide bonds. The van der Waals surface area contributed by atoms with Crippen LogP contribution in [0.1, 0.15) is 19.2 Å². The normalized spacial score (nSPS) is 10.7. The summed E-state index contributed by atoms with van der Waals surface area (Å²) in [6.45, 7) is 5.09. The standard InChI is InChI=1S/C13H23N3O4/c1-3-18-10-12-15-11(14)9-13(16-12)20-8-7-19-6-4-5-17-2/h9H,3-8,10H2,1-2H3,(H2,14,15,16). The van der Waals surface area contributed by atoms with E-state index in [9.17, 15) is 0 Å². The Morgan fingerprint density at radius 2 is 1.95 bits per heavy atom. The zero-order chi connectivity index (χ0) is 14.6. The van der Waals surface area contributed by atoms with E-state index in [2.05, 4.69) is 9.97 Å². The number of hydrogen-bond donors (Lipinski definition) is 1. The van der Waals surface area contributed by atoms with Crippen LogP contribution in [0.3, 0.4) is 0 Å². The summed E-state index contributed by atoms with van der Waals surface area (Å²) < 4.78 is 21.0. The predicted molar refractivity (Wildman–Crippen MR) is 74.6 cm³/mol. The van der Waals surface area contributed by atoms with Gasteiger partial charge in [0.15, 0.2) is 5.82 Å².